The summed E-state index contributed by atoms with van der Waals surface area (Å²) in [6, 6.07) is 8.21. The molecule has 1 atom stereocenters. The second kappa shape index (κ2) is 8.63. The van der Waals surface area contributed by atoms with E-state index in [1.54, 1.807) is 0 Å². The van der Waals surface area contributed by atoms with Crippen LogP contribution in [0.3, 0.4) is 0 Å². The monoisotopic (exact) mass is 305 g/mol. The van der Waals surface area contributed by atoms with Gasteiger partial charge in [-0.05, 0) is 36.5 Å². The van der Waals surface area contributed by atoms with Crippen LogP contribution in [0.1, 0.15) is 38.2 Å². The summed E-state index contributed by atoms with van der Waals surface area (Å²) in [6.45, 7) is 7.02. The van der Waals surface area contributed by atoms with Gasteiger partial charge in [0.2, 0.25) is 0 Å². The molecule has 122 valence electrons. The molecule has 1 heterocycles. The molecule has 0 amide bonds. The Labute approximate surface area is 132 Å². The minimum atomic E-state index is 0.232. The van der Waals surface area contributed by atoms with Gasteiger partial charge in [0.05, 0.1) is 19.2 Å². The molecule has 1 aromatic rings. The van der Waals surface area contributed by atoms with Gasteiger partial charge >= 0.3 is 0 Å². The van der Waals surface area contributed by atoms with Crippen molar-refractivity contribution in [1.29, 1.82) is 0 Å². The van der Waals surface area contributed by atoms with Crippen molar-refractivity contribution in [2.75, 3.05) is 26.3 Å². The van der Waals surface area contributed by atoms with E-state index in [9.17, 15) is 0 Å². The zero-order chi connectivity index (χ0) is 15.8. The van der Waals surface area contributed by atoms with E-state index in [1.807, 2.05) is 12.1 Å². The predicted octanol–water partition coefficient (Wildman–Crippen LogP) is 2.27. The number of rotatable bonds is 7. The van der Waals surface area contributed by atoms with Crippen LogP contribution in [0.2, 0.25) is 0 Å². The molecular weight excluding hydrogens is 278 g/mol. The number of hydrogen-bond acceptors (Lipinski definition) is 3. The maximum atomic E-state index is 5.81. The van der Waals surface area contributed by atoms with Crippen molar-refractivity contribution in [2.24, 2.45) is 10.7 Å². The Hall–Kier alpha value is -1.75. The molecule has 22 heavy (non-hydrogen) atoms. The highest BCUT2D eigenvalue weighted by Gasteiger charge is 2.14. The fourth-order valence-corrected chi connectivity index (χ4v) is 2.34. The summed E-state index contributed by atoms with van der Waals surface area (Å²) in [7, 11) is 0. The van der Waals surface area contributed by atoms with E-state index >= 15 is 0 Å². The lowest BCUT2D eigenvalue weighted by molar-refractivity contribution is 0.117. The number of nitrogens with one attached hydrogen (secondary N) is 1. The fourth-order valence-electron chi connectivity index (χ4n) is 2.34. The molecule has 0 saturated carbocycles. The quantitative estimate of drug-likeness (QED) is 0.461. The molecule has 1 aromatic carbocycles. The standard InChI is InChI=1S/C17H27N3O2/c1-13(2)14-5-7-15(8-6-14)22-11-9-19-17(18)20-12-16-4-3-10-21-16/h5-8,13,16H,3-4,9-12H2,1-2H3,(H3,18,19,20). The average Bonchev–Trinajstić information content (AvgIpc) is 3.03. The first kappa shape index (κ1) is 16.6. The molecule has 0 radical (unpaired) electrons. The number of nitrogens with zero attached hydrogens (tertiary/aromatic N) is 1. The second-order valence-corrected chi connectivity index (χ2v) is 5.86. The van der Waals surface area contributed by atoms with Crippen molar-refractivity contribution >= 4 is 5.96 Å². The Balaban J connectivity index is 1.62. The SMILES string of the molecule is CC(C)c1ccc(OCCNC(N)=NCC2CCCO2)cc1. The van der Waals surface area contributed by atoms with Crippen LogP contribution in [0.25, 0.3) is 0 Å². The lowest BCUT2D eigenvalue weighted by atomic mass is 10.0. The van der Waals surface area contributed by atoms with Gasteiger partial charge in [0.1, 0.15) is 12.4 Å². The van der Waals surface area contributed by atoms with Crippen LogP contribution >= 0.6 is 0 Å². The van der Waals surface area contributed by atoms with Crippen molar-refractivity contribution < 1.29 is 9.47 Å². The van der Waals surface area contributed by atoms with Crippen molar-refractivity contribution in [1.82, 2.24) is 5.32 Å². The van der Waals surface area contributed by atoms with E-state index in [0.29, 0.717) is 31.6 Å². The highest BCUT2D eigenvalue weighted by Crippen LogP contribution is 2.18. The zero-order valence-corrected chi connectivity index (χ0v) is 13.5. The average molecular weight is 305 g/mol. The van der Waals surface area contributed by atoms with Crippen LogP contribution in [0.4, 0.5) is 0 Å². The summed E-state index contributed by atoms with van der Waals surface area (Å²) >= 11 is 0. The molecule has 0 bridgehead atoms. The van der Waals surface area contributed by atoms with E-state index in [1.165, 1.54) is 5.56 Å². The van der Waals surface area contributed by atoms with E-state index in [0.717, 1.165) is 25.2 Å². The van der Waals surface area contributed by atoms with Gasteiger partial charge in [-0.3, -0.25) is 4.99 Å². The third-order valence-corrected chi connectivity index (χ3v) is 3.71. The van der Waals surface area contributed by atoms with Crippen molar-refractivity contribution in [3.8, 4) is 5.75 Å². The van der Waals surface area contributed by atoms with Gasteiger partial charge in [-0.15, -0.1) is 0 Å². The molecule has 1 aliphatic rings. The Morgan fingerprint density at radius 2 is 2.18 bits per heavy atom. The van der Waals surface area contributed by atoms with Gasteiger partial charge in [0, 0.05) is 6.61 Å². The summed E-state index contributed by atoms with van der Waals surface area (Å²) in [5, 5.41) is 3.05. The molecule has 1 aliphatic heterocycles. The summed E-state index contributed by atoms with van der Waals surface area (Å²) in [6.07, 6.45) is 2.43. The normalized spacial score (nSPS) is 18.7. The molecule has 5 heteroatoms. The first-order valence-corrected chi connectivity index (χ1v) is 8.03. The zero-order valence-electron chi connectivity index (χ0n) is 13.5. The van der Waals surface area contributed by atoms with Crippen LogP contribution in [-0.2, 0) is 4.74 Å². The Morgan fingerprint density at radius 3 is 2.82 bits per heavy atom. The van der Waals surface area contributed by atoms with E-state index in [4.69, 9.17) is 15.2 Å². The Morgan fingerprint density at radius 1 is 1.41 bits per heavy atom. The van der Waals surface area contributed by atoms with Crippen LogP contribution in [-0.4, -0.2) is 38.4 Å². The lowest BCUT2D eigenvalue weighted by Crippen LogP contribution is -2.35. The van der Waals surface area contributed by atoms with Crippen molar-refractivity contribution in [3.63, 3.8) is 0 Å². The fraction of sp³-hybridized carbons (Fsp3) is 0.588. The lowest BCUT2D eigenvalue weighted by Gasteiger charge is -2.10. The van der Waals surface area contributed by atoms with Crippen LogP contribution in [0.5, 0.6) is 5.75 Å². The number of hydrogen-bond donors (Lipinski definition) is 2. The highest BCUT2D eigenvalue weighted by atomic mass is 16.5. The van der Waals surface area contributed by atoms with Gasteiger partial charge in [-0.2, -0.15) is 0 Å². The van der Waals surface area contributed by atoms with Gasteiger partial charge in [-0.1, -0.05) is 26.0 Å². The first-order valence-electron chi connectivity index (χ1n) is 8.03. The first-order chi connectivity index (χ1) is 10.6. The van der Waals surface area contributed by atoms with Gasteiger partial charge in [-0.25, -0.2) is 0 Å². The van der Waals surface area contributed by atoms with Crippen LogP contribution in [0, 0.1) is 0 Å². The van der Waals surface area contributed by atoms with Gasteiger partial charge < -0.3 is 20.5 Å². The smallest absolute Gasteiger partial charge is 0.188 e. The molecule has 3 N–H and O–H groups in total. The van der Waals surface area contributed by atoms with Gasteiger partial charge in [0.25, 0.3) is 0 Å². The maximum Gasteiger partial charge on any atom is 0.188 e. The number of nitrogens with two attached hydrogens (primary N) is 1. The molecular formula is C17H27N3O2. The molecule has 0 aliphatic carbocycles. The minimum absolute atomic E-state index is 0.232. The highest BCUT2D eigenvalue weighted by molar-refractivity contribution is 5.77. The molecule has 1 saturated heterocycles. The summed E-state index contributed by atoms with van der Waals surface area (Å²) in [4.78, 5) is 4.28. The van der Waals surface area contributed by atoms with Crippen LogP contribution in [0.15, 0.2) is 29.3 Å². The Bertz CT molecular complexity index is 465. The molecule has 0 spiro atoms. The second-order valence-electron chi connectivity index (χ2n) is 5.86. The maximum absolute atomic E-state index is 5.81. The number of benzene rings is 1. The molecule has 2 rings (SSSR count). The third-order valence-electron chi connectivity index (χ3n) is 3.71. The molecule has 5 nitrogen and oxygen atoms in total. The van der Waals surface area contributed by atoms with E-state index in [-0.39, 0.29) is 6.10 Å². The predicted molar refractivity (Wildman–Crippen MR) is 89.5 cm³/mol. The third kappa shape index (κ3) is 5.56. The molecule has 0 aromatic heterocycles. The largest absolute Gasteiger partial charge is 0.492 e. The molecule has 1 unspecified atom stereocenters. The van der Waals surface area contributed by atoms with Crippen molar-refractivity contribution in [2.45, 2.75) is 38.7 Å². The number of aliphatic imine (C=N–C) groups is 1. The van der Waals surface area contributed by atoms with E-state index in [2.05, 4.69) is 36.3 Å². The molecule has 1 fully saturated rings. The summed E-state index contributed by atoms with van der Waals surface area (Å²) in [5.74, 6) is 1.87. The van der Waals surface area contributed by atoms with E-state index < -0.39 is 0 Å². The summed E-state index contributed by atoms with van der Waals surface area (Å²) in [5.41, 5.74) is 7.13. The number of guanidine groups is 1. The van der Waals surface area contributed by atoms with Gasteiger partial charge in [0.15, 0.2) is 5.96 Å². The van der Waals surface area contributed by atoms with Crippen molar-refractivity contribution in [3.05, 3.63) is 29.8 Å². The number of ether oxygens (including phenoxy) is 2. The minimum Gasteiger partial charge on any atom is -0.492 e. The van der Waals surface area contributed by atoms with Crippen LogP contribution < -0.4 is 15.8 Å². The topological polar surface area (TPSA) is 68.9 Å². The summed E-state index contributed by atoms with van der Waals surface area (Å²) < 4.78 is 11.2. The Kier molecular flexibility index (Phi) is 6.52.